The predicted octanol–water partition coefficient (Wildman–Crippen LogP) is 3.83. The maximum Gasteiger partial charge on any atom is 0.336 e. The van der Waals surface area contributed by atoms with Gasteiger partial charge in [0.2, 0.25) is 5.95 Å². The molecule has 6 heteroatoms. The van der Waals surface area contributed by atoms with E-state index >= 15 is 0 Å². The van der Waals surface area contributed by atoms with E-state index in [1.165, 1.54) is 6.07 Å². The number of hydrogen-bond acceptors (Lipinski definition) is 4. The molecule has 2 aromatic carbocycles. The summed E-state index contributed by atoms with van der Waals surface area (Å²) in [4.78, 5) is 19.7. The molecule has 0 fully saturated rings. The van der Waals surface area contributed by atoms with E-state index in [1.807, 2.05) is 24.3 Å². The van der Waals surface area contributed by atoms with Crippen LogP contribution in [0.4, 0.5) is 11.6 Å². The Morgan fingerprint density at radius 3 is 2.81 bits per heavy atom. The smallest absolute Gasteiger partial charge is 0.336 e. The number of aromatic nitrogens is 2. The summed E-state index contributed by atoms with van der Waals surface area (Å²) in [6.45, 7) is 0. The van der Waals surface area contributed by atoms with Crippen LogP contribution in [0.15, 0.2) is 53.1 Å². The Morgan fingerprint density at radius 1 is 1.19 bits per heavy atom. The van der Waals surface area contributed by atoms with Crippen LogP contribution in [0.25, 0.3) is 10.9 Å². The van der Waals surface area contributed by atoms with Gasteiger partial charge in [0.1, 0.15) is 0 Å². The van der Waals surface area contributed by atoms with Gasteiger partial charge in [-0.25, -0.2) is 14.8 Å². The Bertz CT molecular complexity index is 836. The minimum Gasteiger partial charge on any atom is -0.478 e. The van der Waals surface area contributed by atoms with E-state index in [1.54, 1.807) is 18.3 Å². The molecule has 3 rings (SSSR count). The zero-order chi connectivity index (χ0) is 14.8. The number of rotatable bonds is 3. The van der Waals surface area contributed by atoms with Gasteiger partial charge in [0.15, 0.2) is 0 Å². The van der Waals surface area contributed by atoms with E-state index in [-0.39, 0.29) is 5.56 Å². The maximum absolute atomic E-state index is 11.1. The SMILES string of the molecule is O=C(O)c1cc(Nc2ncc3ccccc3n2)ccc1Br. The lowest BCUT2D eigenvalue weighted by molar-refractivity contribution is 0.0696. The monoisotopic (exact) mass is 343 g/mol. The number of halogens is 1. The van der Waals surface area contributed by atoms with E-state index in [2.05, 4.69) is 31.2 Å². The zero-order valence-corrected chi connectivity index (χ0v) is 12.3. The molecule has 1 heterocycles. The van der Waals surface area contributed by atoms with Crippen molar-refractivity contribution in [2.75, 3.05) is 5.32 Å². The van der Waals surface area contributed by atoms with Crippen molar-refractivity contribution < 1.29 is 9.90 Å². The first-order chi connectivity index (χ1) is 10.1. The maximum atomic E-state index is 11.1. The number of carboxylic acid groups (broad SMARTS) is 1. The molecule has 104 valence electrons. The normalized spacial score (nSPS) is 10.5. The molecule has 0 atom stereocenters. The number of aromatic carboxylic acids is 1. The van der Waals surface area contributed by atoms with Crippen molar-refractivity contribution in [2.24, 2.45) is 0 Å². The van der Waals surface area contributed by atoms with Gasteiger partial charge in [-0.2, -0.15) is 0 Å². The van der Waals surface area contributed by atoms with E-state index in [0.29, 0.717) is 16.1 Å². The Balaban J connectivity index is 1.94. The second kappa shape index (κ2) is 5.49. The number of anilines is 2. The minimum atomic E-state index is -0.995. The van der Waals surface area contributed by atoms with Crippen LogP contribution >= 0.6 is 15.9 Å². The predicted molar refractivity (Wildman–Crippen MR) is 83.9 cm³/mol. The second-order valence-corrected chi connectivity index (χ2v) is 5.23. The Hall–Kier alpha value is -2.47. The molecular weight excluding hydrogens is 334 g/mol. The van der Waals surface area contributed by atoms with Crippen molar-refractivity contribution in [3.63, 3.8) is 0 Å². The van der Waals surface area contributed by atoms with Crippen LogP contribution in [-0.2, 0) is 0 Å². The molecule has 0 saturated carbocycles. The molecule has 3 aromatic rings. The summed E-state index contributed by atoms with van der Waals surface area (Å²) in [5.74, 6) is -0.572. The number of carboxylic acids is 1. The summed E-state index contributed by atoms with van der Waals surface area (Å²) in [7, 11) is 0. The fourth-order valence-electron chi connectivity index (χ4n) is 1.93. The summed E-state index contributed by atoms with van der Waals surface area (Å²) >= 11 is 3.21. The standard InChI is InChI=1S/C15H10BrN3O2/c16-12-6-5-10(7-11(12)14(20)21)18-15-17-8-9-3-1-2-4-13(9)19-15/h1-8H,(H,20,21)(H,17,18,19). The number of benzene rings is 2. The van der Waals surface area contributed by atoms with Gasteiger partial charge in [0, 0.05) is 21.7 Å². The summed E-state index contributed by atoms with van der Waals surface area (Å²) in [5.41, 5.74) is 1.62. The molecule has 0 aliphatic carbocycles. The summed E-state index contributed by atoms with van der Waals surface area (Å²) < 4.78 is 0.528. The zero-order valence-electron chi connectivity index (χ0n) is 10.7. The number of carbonyl (C=O) groups is 1. The van der Waals surface area contributed by atoms with Gasteiger partial charge in [0.05, 0.1) is 11.1 Å². The number of hydrogen-bond donors (Lipinski definition) is 2. The average Bonchev–Trinajstić information content (AvgIpc) is 2.49. The lowest BCUT2D eigenvalue weighted by Crippen LogP contribution is -2.01. The highest BCUT2D eigenvalue weighted by Crippen LogP contribution is 2.23. The van der Waals surface area contributed by atoms with Crippen molar-refractivity contribution in [2.45, 2.75) is 0 Å². The minimum absolute atomic E-state index is 0.181. The number of para-hydroxylation sites is 1. The molecule has 0 bridgehead atoms. The van der Waals surface area contributed by atoms with E-state index in [4.69, 9.17) is 5.11 Å². The third kappa shape index (κ3) is 2.85. The highest BCUT2D eigenvalue weighted by molar-refractivity contribution is 9.10. The number of nitrogens with one attached hydrogen (secondary N) is 1. The van der Waals surface area contributed by atoms with Crippen LogP contribution < -0.4 is 5.32 Å². The van der Waals surface area contributed by atoms with Gasteiger partial charge in [-0.3, -0.25) is 0 Å². The molecule has 0 aliphatic rings. The second-order valence-electron chi connectivity index (χ2n) is 4.38. The highest BCUT2D eigenvalue weighted by atomic mass is 79.9. The topological polar surface area (TPSA) is 75.1 Å². The first kappa shape index (κ1) is 13.5. The van der Waals surface area contributed by atoms with Crippen LogP contribution in [0.1, 0.15) is 10.4 Å². The molecule has 0 spiro atoms. The summed E-state index contributed by atoms with van der Waals surface area (Å²) in [6, 6.07) is 12.6. The van der Waals surface area contributed by atoms with Gasteiger partial charge in [0.25, 0.3) is 0 Å². The number of fused-ring (bicyclic) bond motifs is 1. The van der Waals surface area contributed by atoms with Crippen molar-refractivity contribution in [3.8, 4) is 0 Å². The third-order valence-corrected chi connectivity index (χ3v) is 3.63. The molecule has 1 aromatic heterocycles. The van der Waals surface area contributed by atoms with Crippen LogP contribution in [0.2, 0.25) is 0 Å². The van der Waals surface area contributed by atoms with Crippen LogP contribution in [0.5, 0.6) is 0 Å². The summed E-state index contributed by atoms with van der Waals surface area (Å²) in [6.07, 6.45) is 1.72. The lowest BCUT2D eigenvalue weighted by atomic mass is 10.2. The third-order valence-electron chi connectivity index (χ3n) is 2.94. The van der Waals surface area contributed by atoms with Crippen LogP contribution in [0.3, 0.4) is 0 Å². The molecule has 0 radical (unpaired) electrons. The Labute approximate surface area is 128 Å². The average molecular weight is 344 g/mol. The van der Waals surface area contributed by atoms with Crippen LogP contribution in [0, 0.1) is 0 Å². The van der Waals surface area contributed by atoms with E-state index < -0.39 is 5.97 Å². The fraction of sp³-hybridized carbons (Fsp3) is 0. The van der Waals surface area contributed by atoms with Gasteiger partial charge in [-0.15, -0.1) is 0 Å². The largest absolute Gasteiger partial charge is 0.478 e. The highest BCUT2D eigenvalue weighted by Gasteiger charge is 2.09. The molecule has 0 aliphatic heterocycles. The molecule has 2 N–H and O–H groups in total. The fourth-order valence-corrected chi connectivity index (χ4v) is 2.34. The first-order valence-corrected chi connectivity index (χ1v) is 6.94. The Morgan fingerprint density at radius 2 is 2.00 bits per heavy atom. The van der Waals surface area contributed by atoms with Crippen molar-refractivity contribution in [1.82, 2.24) is 9.97 Å². The molecule has 0 saturated heterocycles. The van der Waals surface area contributed by atoms with Crippen LogP contribution in [-0.4, -0.2) is 21.0 Å². The number of nitrogens with zero attached hydrogens (tertiary/aromatic N) is 2. The van der Waals surface area contributed by atoms with Gasteiger partial charge >= 0.3 is 5.97 Å². The van der Waals surface area contributed by atoms with Gasteiger partial charge in [-0.1, -0.05) is 18.2 Å². The lowest BCUT2D eigenvalue weighted by Gasteiger charge is -2.07. The quantitative estimate of drug-likeness (QED) is 0.755. The molecule has 0 unspecified atom stereocenters. The molecule has 0 amide bonds. The first-order valence-electron chi connectivity index (χ1n) is 6.15. The molecule has 5 nitrogen and oxygen atoms in total. The van der Waals surface area contributed by atoms with E-state index in [9.17, 15) is 4.79 Å². The molecule has 21 heavy (non-hydrogen) atoms. The van der Waals surface area contributed by atoms with Gasteiger partial charge < -0.3 is 10.4 Å². The Kier molecular flexibility index (Phi) is 3.53. The molecular formula is C15H10BrN3O2. The van der Waals surface area contributed by atoms with Crippen molar-refractivity contribution in [3.05, 3.63) is 58.7 Å². The van der Waals surface area contributed by atoms with Gasteiger partial charge in [-0.05, 0) is 40.2 Å². The van der Waals surface area contributed by atoms with E-state index in [0.717, 1.165) is 10.9 Å². The van der Waals surface area contributed by atoms with Crippen molar-refractivity contribution in [1.29, 1.82) is 0 Å². The van der Waals surface area contributed by atoms with Crippen molar-refractivity contribution >= 4 is 44.4 Å². The summed E-state index contributed by atoms with van der Waals surface area (Å²) in [5, 5.41) is 13.1.